The number of aliphatic carboxylic acids is 1. The van der Waals surface area contributed by atoms with Crippen LogP contribution < -0.4 is 11.5 Å². The number of allylic oxidation sites excluding steroid dienone is 1. The van der Waals surface area contributed by atoms with Crippen molar-refractivity contribution < 1.29 is 14.3 Å². The molecule has 0 bridgehead atoms. The van der Waals surface area contributed by atoms with Crippen molar-refractivity contribution in [2.45, 2.75) is 18.9 Å². The molecule has 20 heavy (non-hydrogen) atoms. The Hall–Kier alpha value is -2.41. The van der Waals surface area contributed by atoms with Gasteiger partial charge in [-0.2, -0.15) is 0 Å². The molecule has 6 N–H and O–H groups in total. The highest BCUT2D eigenvalue weighted by Gasteiger charge is 2.13. The van der Waals surface area contributed by atoms with Gasteiger partial charge in [-0.25, -0.2) is 4.79 Å². The minimum Gasteiger partial charge on any atom is -0.480 e. The fourth-order valence-electron chi connectivity index (χ4n) is 1.25. The average molecular weight is 280 g/mol. The van der Waals surface area contributed by atoms with Gasteiger partial charge in [0, 0.05) is 6.21 Å². The number of nitrogens with two attached hydrogens (primary N) is 2. The third-order valence-corrected chi connectivity index (χ3v) is 2.12. The lowest BCUT2D eigenvalue weighted by Crippen LogP contribution is -2.19. The molecule has 0 saturated carbocycles. The van der Waals surface area contributed by atoms with Crippen LogP contribution in [-0.4, -0.2) is 36.2 Å². The summed E-state index contributed by atoms with van der Waals surface area (Å²) in [6.45, 7) is 0.474. The van der Waals surface area contributed by atoms with E-state index in [2.05, 4.69) is 10.7 Å². The molecule has 0 aromatic carbocycles. The molecule has 1 aromatic heterocycles. The summed E-state index contributed by atoms with van der Waals surface area (Å²) in [4.78, 5) is 14.8. The second-order valence-corrected chi connectivity index (χ2v) is 3.62. The van der Waals surface area contributed by atoms with Crippen LogP contribution in [0.1, 0.15) is 18.6 Å². The zero-order chi connectivity index (χ0) is 15.2. The second kappa shape index (κ2) is 11.7. The topological polar surface area (TPSA) is 139 Å². The molecule has 0 aliphatic rings. The first-order chi connectivity index (χ1) is 9.65. The minimum absolute atomic E-state index is 0.455. The number of carbonyl (C=O) groups is 1. The monoisotopic (exact) mass is 280 g/mol. The quantitative estimate of drug-likeness (QED) is 0.437. The van der Waals surface area contributed by atoms with Crippen molar-refractivity contribution in [2.24, 2.45) is 16.5 Å². The van der Waals surface area contributed by atoms with Crippen LogP contribution in [0.25, 0.3) is 6.08 Å². The Labute approximate surface area is 117 Å². The second-order valence-electron chi connectivity index (χ2n) is 3.62. The largest absolute Gasteiger partial charge is 0.480 e. The summed E-state index contributed by atoms with van der Waals surface area (Å²) in [6.07, 6.45) is 8.26. The summed E-state index contributed by atoms with van der Waals surface area (Å²) >= 11 is 0. The number of furan rings is 1. The van der Waals surface area contributed by atoms with Gasteiger partial charge in [0.15, 0.2) is 0 Å². The van der Waals surface area contributed by atoms with Crippen molar-refractivity contribution in [3.63, 3.8) is 0 Å². The molecule has 1 rings (SSSR count). The molecule has 0 aliphatic carbocycles. The number of hydrogen-bond donors (Lipinski definition) is 4. The van der Waals surface area contributed by atoms with Crippen LogP contribution in [0.3, 0.4) is 0 Å². The maximum Gasteiger partial charge on any atom is 0.328 e. The summed E-state index contributed by atoms with van der Waals surface area (Å²) in [7, 11) is 0. The Morgan fingerprint density at radius 1 is 1.60 bits per heavy atom. The Kier molecular flexibility index (Phi) is 10.3. The first-order valence-electron chi connectivity index (χ1n) is 6.02. The number of carboxylic acid groups (broad SMARTS) is 1. The standard InChI is InChI=1S/C12H16N2O3.CH4N2/c13-7-1-6-11(12(15)16)14-8-2-4-10-5-3-9-17-10;2-1-3/h2-5,8-9,11H,1,6-7,13H2,(H,15,16);1H,(H3,2,3)/b4-2+,14-8?;. The van der Waals surface area contributed by atoms with Crippen molar-refractivity contribution >= 4 is 24.6 Å². The van der Waals surface area contributed by atoms with Crippen LogP contribution in [0.15, 0.2) is 33.9 Å². The van der Waals surface area contributed by atoms with Crippen LogP contribution in [0, 0.1) is 5.41 Å². The highest BCUT2D eigenvalue weighted by atomic mass is 16.4. The zero-order valence-corrected chi connectivity index (χ0v) is 11.1. The Morgan fingerprint density at radius 2 is 2.30 bits per heavy atom. The Bertz CT molecular complexity index is 427. The molecule has 7 nitrogen and oxygen atoms in total. The molecular formula is C13H20N4O3. The predicted molar refractivity (Wildman–Crippen MR) is 78.9 cm³/mol. The third-order valence-electron chi connectivity index (χ3n) is 2.12. The minimum atomic E-state index is -0.930. The lowest BCUT2D eigenvalue weighted by Gasteiger charge is -2.04. The molecule has 0 saturated heterocycles. The van der Waals surface area contributed by atoms with E-state index in [4.69, 9.17) is 20.7 Å². The van der Waals surface area contributed by atoms with Gasteiger partial charge in [0.25, 0.3) is 0 Å². The van der Waals surface area contributed by atoms with Crippen molar-refractivity contribution in [1.82, 2.24) is 0 Å². The Balaban J connectivity index is 0.00000110. The van der Waals surface area contributed by atoms with Crippen LogP contribution in [0.2, 0.25) is 0 Å². The molecule has 0 amide bonds. The van der Waals surface area contributed by atoms with Gasteiger partial charge in [-0.05, 0) is 43.7 Å². The molecule has 1 atom stereocenters. The first-order valence-corrected chi connectivity index (χ1v) is 6.02. The van der Waals surface area contributed by atoms with Crippen molar-refractivity contribution in [2.75, 3.05) is 6.54 Å². The summed E-state index contributed by atoms with van der Waals surface area (Å²) in [6, 6.07) is 2.85. The van der Waals surface area contributed by atoms with Gasteiger partial charge in [-0.1, -0.05) is 0 Å². The van der Waals surface area contributed by atoms with E-state index in [1.807, 2.05) is 0 Å². The van der Waals surface area contributed by atoms with Gasteiger partial charge < -0.3 is 21.0 Å². The highest BCUT2D eigenvalue weighted by Crippen LogP contribution is 2.03. The van der Waals surface area contributed by atoms with Crippen LogP contribution in [0.4, 0.5) is 0 Å². The van der Waals surface area contributed by atoms with E-state index in [0.717, 1.165) is 6.34 Å². The van der Waals surface area contributed by atoms with Crippen LogP contribution >= 0.6 is 0 Å². The van der Waals surface area contributed by atoms with Crippen molar-refractivity contribution in [3.8, 4) is 0 Å². The SMILES string of the molecule is N=CN.NCCCC(N=C/C=C/c1ccco1)C(=O)O. The van der Waals surface area contributed by atoms with E-state index in [-0.39, 0.29) is 0 Å². The maximum atomic E-state index is 10.8. The molecule has 7 heteroatoms. The Morgan fingerprint density at radius 3 is 2.80 bits per heavy atom. The molecule has 0 radical (unpaired) electrons. The van der Waals surface area contributed by atoms with Crippen LogP contribution in [0.5, 0.6) is 0 Å². The highest BCUT2D eigenvalue weighted by molar-refractivity contribution is 5.81. The first kappa shape index (κ1) is 17.6. The molecule has 0 aliphatic heterocycles. The van der Waals surface area contributed by atoms with Gasteiger partial charge in [0.05, 0.1) is 12.6 Å². The number of aliphatic imine (C=N–C) groups is 1. The molecule has 1 heterocycles. The number of carboxylic acids is 1. The fraction of sp³-hybridized carbons (Fsp3) is 0.308. The molecule has 1 aromatic rings. The van der Waals surface area contributed by atoms with E-state index < -0.39 is 12.0 Å². The maximum absolute atomic E-state index is 10.8. The zero-order valence-electron chi connectivity index (χ0n) is 11.1. The predicted octanol–water partition coefficient (Wildman–Crippen LogP) is 1.11. The van der Waals surface area contributed by atoms with E-state index in [0.29, 0.717) is 25.1 Å². The summed E-state index contributed by atoms with van der Waals surface area (Å²) in [5.74, 6) is -0.230. The van der Waals surface area contributed by atoms with E-state index in [1.54, 1.807) is 30.5 Å². The number of nitrogens with zero attached hydrogens (tertiary/aromatic N) is 1. The summed E-state index contributed by atoms with van der Waals surface area (Å²) in [5, 5.41) is 14.7. The summed E-state index contributed by atoms with van der Waals surface area (Å²) < 4.78 is 5.07. The van der Waals surface area contributed by atoms with E-state index >= 15 is 0 Å². The molecule has 0 spiro atoms. The van der Waals surface area contributed by atoms with Crippen molar-refractivity contribution in [1.29, 1.82) is 5.41 Å². The molecule has 0 fully saturated rings. The summed E-state index contributed by atoms with van der Waals surface area (Å²) in [5.41, 5.74) is 9.71. The van der Waals surface area contributed by atoms with Gasteiger partial charge in [0.2, 0.25) is 0 Å². The van der Waals surface area contributed by atoms with Crippen molar-refractivity contribution in [3.05, 3.63) is 30.2 Å². The number of nitrogens with one attached hydrogen (secondary N) is 1. The van der Waals surface area contributed by atoms with Gasteiger partial charge in [0.1, 0.15) is 11.8 Å². The van der Waals surface area contributed by atoms with Gasteiger partial charge in [-0.3, -0.25) is 10.4 Å². The van der Waals surface area contributed by atoms with Crippen LogP contribution in [-0.2, 0) is 4.79 Å². The lowest BCUT2D eigenvalue weighted by molar-refractivity contribution is -0.138. The fourth-order valence-corrected chi connectivity index (χ4v) is 1.25. The average Bonchev–Trinajstić information content (AvgIpc) is 2.91. The van der Waals surface area contributed by atoms with E-state index in [9.17, 15) is 4.79 Å². The smallest absolute Gasteiger partial charge is 0.328 e. The van der Waals surface area contributed by atoms with E-state index in [1.165, 1.54) is 6.21 Å². The normalized spacial score (nSPS) is 12.1. The van der Waals surface area contributed by atoms with Gasteiger partial charge in [-0.15, -0.1) is 0 Å². The lowest BCUT2D eigenvalue weighted by atomic mass is 10.1. The number of rotatable bonds is 7. The van der Waals surface area contributed by atoms with Gasteiger partial charge >= 0.3 is 5.97 Å². The molecule has 1 unspecified atom stereocenters. The third kappa shape index (κ3) is 8.65. The number of hydrogen-bond acceptors (Lipinski definition) is 5. The molecular weight excluding hydrogens is 260 g/mol. The molecule has 110 valence electrons.